The Morgan fingerprint density at radius 2 is 2.12 bits per heavy atom. The highest BCUT2D eigenvalue weighted by Gasteiger charge is 2.11. The minimum Gasteiger partial charge on any atom is -0.494 e. The summed E-state index contributed by atoms with van der Waals surface area (Å²) in [6, 6.07) is 7.64. The van der Waals surface area contributed by atoms with E-state index in [9.17, 15) is 0 Å². The molecule has 0 bridgehead atoms. The molecule has 0 saturated carbocycles. The highest BCUT2D eigenvalue weighted by Crippen LogP contribution is 2.22. The van der Waals surface area contributed by atoms with Gasteiger partial charge in [0.15, 0.2) is 0 Å². The molecule has 0 saturated heterocycles. The van der Waals surface area contributed by atoms with Gasteiger partial charge in [-0.3, -0.25) is 0 Å². The van der Waals surface area contributed by atoms with Crippen LogP contribution in [0.1, 0.15) is 12.7 Å². The molecule has 0 fully saturated rings. The van der Waals surface area contributed by atoms with E-state index in [0.29, 0.717) is 0 Å². The van der Waals surface area contributed by atoms with Crippen LogP contribution in [-0.4, -0.2) is 21.9 Å². The van der Waals surface area contributed by atoms with Gasteiger partial charge in [0.05, 0.1) is 7.11 Å². The van der Waals surface area contributed by atoms with Gasteiger partial charge in [-0.25, -0.2) is 4.68 Å². The van der Waals surface area contributed by atoms with Crippen molar-refractivity contribution in [2.45, 2.75) is 13.3 Å². The highest BCUT2D eigenvalue weighted by molar-refractivity contribution is 5.47. The van der Waals surface area contributed by atoms with Gasteiger partial charge in [0.1, 0.15) is 17.3 Å². The quantitative estimate of drug-likeness (QED) is 0.846. The third-order valence-electron chi connectivity index (χ3n) is 2.32. The maximum Gasteiger partial charge on any atom is 0.240 e. The monoisotopic (exact) mass is 218 g/mol. The molecule has 0 aliphatic carbocycles. The molecule has 0 aliphatic heterocycles. The van der Waals surface area contributed by atoms with Crippen molar-refractivity contribution >= 4 is 5.95 Å². The number of para-hydroxylation sites is 2. The van der Waals surface area contributed by atoms with Gasteiger partial charge in [-0.05, 0) is 12.1 Å². The molecule has 2 rings (SSSR count). The van der Waals surface area contributed by atoms with Crippen molar-refractivity contribution in [2.24, 2.45) is 0 Å². The van der Waals surface area contributed by atoms with Crippen molar-refractivity contribution < 1.29 is 4.74 Å². The number of nitrogens with zero attached hydrogens (tertiary/aromatic N) is 3. The normalized spacial score (nSPS) is 10.4. The minimum absolute atomic E-state index is 0.280. The van der Waals surface area contributed by atoms with E-state index in [1.807, 2.05) is 31.2 Å². The Labute approximate surface area is 93.9 Å². The van der Waals surface area contributed by atoms with Crippen LogP contribution in [0.15, 0.2) is 24.3 Å². The largest absolute Gasteiger partial charge is 0.494 e. The average molecular weight is 218 g/mol. The number of aromatic nitrogens is 3. The number of rotatable bonds is 3. The van der Waals surface area contributed by atoms with Crippen LogP contribution in [0.4, 0.5) is 5.95 Å². The number of nitrogens with two attached hydrogens (primary N) is 1. The van der Waals surface area contributed by atoms with Crippen LogP contribution in [0.5, 0.6) is 5.75 Å². The molecule has 1 heterocycles. The predicted molar refractivity (Wildman–Crippen MR) is 61.7 cm³/mol. The Morgan fingerprint density at radius 1 is 1.38 bits per heavy atom. The van der Waals surface area contributed by atoms with Gasteiger partial charge >= 0.3 is 0 Å². The van der Waals surface area contributed by atoms with Crippen molar-refractivity contribution in [1.29, 1.82) is 0 Å². The second-order valence-corrected chi connectivity index (χ2v) is 3.32. The summed E-state index contributed by atoms with van der Waals surface area (Å²) in [6.45, 7) is 2.01. The highest BCUT2D eigenvalue weighted by atomic mass is 16.5. The second-order valence-electron chi connectivity index (χ2n) is 3.32. The Kier molecular flexibility index (Phi) is 2.76. The minimum atomic E-state index is 0.280. The van der Waals surface area contributed by atoms with Gasteiger partial charge in [0, 0.05) is 6.42 Å². The van der Waals surface area contributed by atoms with Crippen LogP contribution >= 0.6 is 0 Å². The van der Waals surface area contributed by atoms with Gasteiger partial charge in [-0.15, -0.1) is 5.10 Å². The van der Waals surface area contributed by atoms with Gasteiger partial charge in [-0.2, -0.15) is 4.98 Å². The standard InChI is InChI=1S/C11H14N4O/c1-3-10-13-11(12)14-15(10)8-6-4-5-7-9(8)16-2/h4-7H,3H2,1-2H3,(H2,12,14). The molecule has 0 aliphatic rings. The molecule has 0 amide bonds. The van der Waals surface area contributed by atoms with Gasteiger partial charge in [0.2, 0.25) is 5.95 Å². The number of anilines is 1. The fraction of sp³-hybridized carbons (Fsp3) is 0.273. The fourth-order valence-corrected chi connectivity index (χ4v) is 1.59. The van der Waals surface area contributed by atoms with Crippen molar-refractivity contribution in [3.63, 3.8) is 0 Å². The molecule has 16 heavy (non-hydrogen) atoms. The lowest BCUT2D eigenvalue weighted by Gasteiger charge is -2.08. The van der Waals surface area contributed by atoms with E-state index < -0.39 is 0 Å². The molecule has 5 heteroatoms. The summed E-state index contributed by atoms with van der Waals surface area (Å²) in [5.41, 5.74) is 6.45. The van der Waals surface area contributed by atoms with E-state index in [4.69, 9.17) is 10.5 Å². The zero-order valence-electron chi connectivity index (χ0n) is 9.34. The number of ether oxygens (including phenoxy) is 1. The second kappa shape index (κ2) is 4.22. The number of hydrogen-bond acceptors (Lipinski definition) is 4. The summed E-state index contributed by atoms with van der Waals surface area (Å²) >= 11 is 0. The summed E-state index contributed by atoms with van der Waals surface area (Å²) in [4.78, 5) is 4.15. The zero-order chi connectivity index (χ0) is 11.5. The van der Waals surface area contributed by atoms with Crippen LogP contribution in [0.25, 0.3) is 5.69 Å². The molecule has 5 nitrogen and oxygen atoms in total. The maximum absolute atomic E-state index is 5.60. The van der Waals surface area contributed by atoms with Crippen molar-refractivity contribution in [1.82, 2.24) is 14.8 Å². The maximum atomic E-state index is 5.60. The Bertz CT molecular complexity index is 492. The van der Waals surface area contributed by atoms with Gasteiger partial charge in [-0.1, -0.05) is 19.1 Å². The lowest BCUT2D eigenvalue weighted by atomic mass is 10.3. The van der Waals surface area contributed by atoms with E-state index in [1.54, 1.807) is 11.8 Å². The number of nitrogen functional groups attached to an aromatic ring is 1. The van der Waals surface area contributed by atoms with E-state index in [0.717, 1.165) is 23.7 Å². The van der Waals surface area contributed by atoms with E-state index in [-0.39, 0.29) is 5.95 Å². The lowest BCUT2D eigenvalue weighted by Crippen LogP contribution is -2.04. The first-order valence-electron chi connectivity index (χ1n) is 5.11. The SMILES string of the molecule is CCc1nc(N)nn1-c1ccccc1OC. The summed E-state index contributed by atoms with van der Waals surface area (Å²) in [5.74, 6) is 1.85. The van der Waals surface area contributed by atoms with E-state index >= 15 is 0 Å². The van der Waals surface area contributed by atoms with Crippen LogP contribution in [-0.2, 0) is 6.42 Å². The smallest absolute Gasteiger partial charge is 0.240 e. The fourth-order valence-electron chi connectivity index (χ4n) is 1.59. The third kappa shape index (κ3) is 1.71. The molecule has 2 aromatic rings. The van der Waals surface area contributed by atoms with E-state index in [1.165, 1.54) is 0 Å². The first-order chi connectivity index (χ1) is 7.76. The van der Waals surface area contributed by atoms with Gasteiger partial charge in [0.25, 0.3) is 0 Å². The zero-order valence-corrected chi connectivity index (χ0v) is 9.34. The Balaban J connectivity index is 2.57. The molecule has 1 aromatic carbocycles. The van der Waals surface area contributed by atoms with Gasteiger partial charge < -0.3 is 10.5 Å². The van der Waals surface area contributed by atoms with Crippen molar-refractivity contribution in [2.75, 3.05) is 12.8 Å². The van der Waals surface area contributed by atoms with Crippen molar-refractivity contribution in [3.05, 3.63) is 30.1 Å². The first-order valence-corrected chi connectivity index (χ1v) is 5.11. The summed E-state index contributed by atoms with van der Waals surface area (Å²) in [5, 5.41) is 4.16. The Hall–Kier alpha value is -2.04. The molecule has 0 atom stereocenters. The third-order valence-corrected chi connectivity index (χ3v) is 2.32. The van der Waals surface area contributed by atoms with Crippen LogP contribution in [0.3, 0.4) is 0 Å². The molecule has 84 valence electrons. The van der Waals surface area contributed by atoms with Crippen LogP contribution < -0.4 is 10.5 Å². The molecular weight excluding hydrogens is 204 g/mol. The number of aryl methyl sites for hydroxylation is 1. The topological polar surface area (TPSA) is 66.0 Å². The molecule has 0 spiro atoms. The molecule has 2 N–H and O–H groups in total. The van der Waals surface area contributed by atoms with Crippen LogP contribution in [0, 0.1) is 0 Å². The number of benzene rings is 1. The predicted octanol–water partition coefficient (Wildman–Crippen LogP) is 1.42. The van der Waals surface area contributed by atoms with Crippen LogP contribution in [0.2, 0.25) is 0 Å². The summed E-state index contributed by atoms with van der Waals surface area (Å²) in [6.07, 6.45) is 0.766. The lowest BCUT2D eigenvalue weighted by molar-refractivity contribution is 0.411. The van der Waals surface area contributed by atoms with Crippen molar-refractivity contribution in [3.8, 4) is 11.4 Å². The first kappa shape index (κ1) is 10.5. The number of methoxy groups -OCH3 is 1. The molecule has 0 radical (unpaired) electrons. The number of hydrogen-bond donors (Lipinski definition) is 1. The van der Waals surface area contributed by atoms with E-state index in [2.05, 4.69) is 10.1 Å². The summed E-state index contributed by atoms with van der Waals surface area (Å²) in [7, 11) is 1.63. The Morgan fingerprint density at radius 3 is 2.81 bits per heavy atom. The molecule has 0 unspecified atom stereocenters. The molecular formula is C11H14N4O. The molecule has 1 aromatic heterocycles. The summed E-state index contributed by atoms with van der Waals surface area (Å²) < 4.78 is 7.00. The average Bonchev–Trinajstić information content (AvgIpc) is 2.70.